The van der Waals surface area contributed by atoms with Crippen molar-refractivity contribution in [1.82, 2.24) is 14.1 Å². The first-order valence-corrected chi connectivity index (χ1v) is 17.5. The van der Waals surface area contributed by atoms with Gasteiger partial charge in [-0.15, -0.1) is 23.2 Å². The van der Waals surface area contributed by atoms with E-state index in [1.807, 2.05) is 0 Å². The molecule has 0 atom stereocenters. The largest absolute Gasteiger partial charge is 1.00 e. The lowest BCUT2D eigenvalue weighted by Crippen LogP contribution is -3.00. The zero-order valence-electron chi connectivity index (χ0n) is 29.5. The number of halogens is 4. The summed E-state index contributed by atoms with van der Waals surface area (Å²) in [5.41, 5.74) is 9.82. The monoisotopic (exact) mass is 835 g/mol. The number of nitrogens with zero attached hydrogens (tertiary/aromatic N) is 4. The van der Waals surface area contributed by atoms with Gasteiger partial charge in [-0.05, 0) is 57.3 Å². The van der Waals surface area contributed by atoms with Crippen LogP contribution in [0.4, 0.5) is 0 Å². The summed E-state index contributed by atoms with van der Waals surface area (Å²) in [5.74, 6) is 0. The minimum Gasteiger partial charge on any atom is -1.00 e. The van der Waals surface area contributed by atoms with E-state index >= 15 is 0 Å². The molecule has 9 heteroatoms. The van der Waals surface area contributed by atoms with Gasteiger partial charge in [0, 0.05) is 10.8 Å². The Bertz CT molecular complexity index is 2000. The topological polar surface area (TPSA) is 33.4 Å². The van der Waals surface area contributed by atoms with Gasteiger partial charge in [0.25, 0.3) is 0 Å². The third-order valence-corrected chi connectivity index (χ3v) is 8.86. The summed E-state index contributed by atoms with van der Waals surface area (Å²) < 4.78 is 9.04. The number of alkyl halides is 2. The maximum absolute atomic E-state index is 4.76. The number of hydrogen-bond acceptors (Lipinski definition) is 0. The van der Waals surface area contributed by atoms with Gasteiger partial charge < -0.3 is 38.9 Å². The summed E-state index contributed by atoms with van der Waals surface area (Å²) in [7, 11) is 0. The zero-order chi connectivity index (χ0) is 34.1. The van der Waals surface area contributed by atoms with E-state index < -0.39 is 0 Å². The van der Waals surface area contributed by atoms with E-state index in [-0.39, 0.29) is 50.1 Å². The van der Waals surface area contributed by atoms with Crippen molar-refractivity contribution in [2.75, 3.05) is 5.34 Å². The maximum atomic E-state index is 4.76. The minimum absolute atomic E-state index is 0. The van der Waals surface area contributed by atoms with Crippen LogP contribution in [0.25, 0.3) is 33.2 Å². The first kappa shape index (κ1) is 39.4. The molecule has 3 heterocycles. The average Bonchev–Trinajstić information content (AvgIpc) is 3.80. The highest BCUT2D eigenvalue weighted by Gasteiger charge is 2.26. The van der Waals surface area contributed by atoms with Gasteiger partial charge in [0.1, 0.15) is 37.9 Å². The molecule has 4 aromatic carbocycles. The molecule has 5 nitrogen and oxygen atoms in total. The second-order valence-corrected chi connectivity index (χ2v) is 15.3. The van der Waals surface area contributed by atoms with E-state index in [2.05, 4.69) is 187 Å². The van der Waals surface area contributed by atoms with Crippen LogP contribution in [0, 0.1) is 0 Å². The molecule has 0 radical (unpaired) electrons. The normalized spacial score (nSPS) is 11.5. The van der Waals surface area contributed by atoms with Gasteiger partial charge in [0.2, 0.25) is 12.7 Å². The molecule has 3 aromatic heterocycles. The molecular weight excluding hydrogens is 793 g/mol. The second kappa shape index (κ2) is 16.3. The number of H-pyrrole nitrogens is 1. The van der Waals surface area contributed by atoms with Crippen LogP contribution in [0.15, 0.2) is 122 Å². The van der Waals surface area contributed by atoms with Crippen LogP contribution in [-0.2, 0) is 23.9 Å². The standard InChI is InChI=1S/C40H43N5.CH2Cl2.2BrH/c1-39(2,3)31-21-33-34-22-32(40(4,5)6)24-36(45-20-18-43(28-45)26-30-15-11-8-12-16-30)38(34)41-37(33)35(23-31)44-19-17-42(27-44)25-29-13-9-7-10-14-29;2-1-3;;/h7-24,27-28,41H,25-26H2,1-6H3;1H2;2*1H/q+2;;;/p-2. The highest BCUT2D eigenvalue weighted by atomic mass is 79.9. The summed E-state index contributed by atoms with van der Waals surface area (Å²) in [4.78, 5) is 3.93. The van der Waals surface area contributed by atoms with Crippen LogP contribution >= 0.6 is 23.2 Å². The Morgan fingerprint density at radius 2 is 0.940 bits per heavy atom. The van der Waals surface area contributed by atoms with Crippen LogP contribution in [0.5, 0.6) is 0 Å². The molecular formula is C41H45Br2Cl2N5. The molecule has 0 aliphatic rings. The number of aromatic nitrogens is 5. The van der Waals surface area contributed by atoms with Gasteiger partial charge in [-0.25, -0.2) is 18.3 Å². The number of fused-ring (bicyclic) bond motifs is 3. The number of benzene rings is 4. The van der Waals surface area contributed by atoms with Crippen LogP contribution in [0.1, 0.15) is 63.8 Å². The zero-order valence-corrected chi connectivity index (χ0v) is 34.2. The number of nitrogens with one attached hydrogen (secondary N) is 1. The highest BCUT2D eigenvalue weighted by molar-refractivity contribution is 6.40. The van der Waals surface area contributed by atoms with Crippen molar-refractivity contribution in [3.05, 3.63) is 145 Å². The van der Waals surface area contributed by atoms with E-state index in [0.29, 0.717) is 0 Å². The number of hydrogen-bond donors (Lipinski definition) is 1. The van der Waals surface area contributed by atoms with E-state index in [1.54, 1.807) is 0 Å². The molecule has 0 unspecified atom stereocenters. The van der Waals surface area contributed by atoms with Crippen LogP contribution < -0.4 is 43.1 Å². The molecule has 50 heavy (non-hydrogen) atoms. The molecule has 262 valence electrons. The summed E-state index contributed by atoms with van der Waals surface area (Å²) in [6.07, 6.45) is 13.1. The van der Waals surface area contributed by atoms with Crippen molar-refractivity contribution < 1.29 is 43.1 Å². The quantitative estimate of drug-likeness (QED) is 0.197. The Morgan fingerprint density at radius 1 is 0.580 bits per heavy atom. The van der Waals surface area contributed by atoms with Gasteiger partial charge in [0.05, 0.1) is 16.4 Å². The number of rotatable bonds is 6. The Hall–Kier alpha value is -3.36. The lowest BCUT2D eigenvalue weighted by molar-refractivity contribution is -0.687. The van der Waals surface area contributed by atoms with E-state index in [9.17, 15) is 0 Å². The third kappa shape index (κ3) is 8.74. The fraction of sp³-hybridized carbons (Fsp3) is 0.268. The molecule has 7 rings (SSSR count). The third-order valence-electron chi connectivity index (χ3n) is 8.86. The molecule has 0 amide bonds. The fourth-order valence-corrected chi connectivity index (χ4v) is 6.19. The minimum atomic E-state index is -0.00638. The van der Waals surface area contributed by atoms with Crippen molar-refractivity contribution in [1.29, 1.82) is 0 Å². The Balaban J connectivity index is 0.00000109. The predicted molar refractivity (Wildman–Crippen MR) is 200 cm³/mol. The average molecular weight is 839 g/mol. The molecule has 0 bridgehead atoms. The van der Waals surface area contributed by atoms with Gasteiger partial charge in [-0.3, -0.25) is 0 Å². The van der Waals surface area contributed by atoms with Crippen molar-refractivity contribution in [2.24, 2.45) is 0 Å². The van der Waals surface area contributed by atoms with Gasteiger partial charge >= 0.3 is 0 Å². The Labute approximate surface area is 327 Å². The second-order valence-electron chi connectivity index (χ2n) is 14.5. The van der Waals surface area contributed by atoms with Crippen molar-refractivity contribution in [3.8, 4) is 11.4 Å². The van der Waals surface area contributed by atoms with Gasteiger partial charge in [-0.1, -0.05) is 102 Å². The lowest BCUT2D eigenvalue weighted by atomic mass is 9.84. The van der Waals surface area contributed by atoms with Crippen LogP contribution in [0.3, 0.4) is 0 Å². The summed E-state index contributed by atoms with van der Waals surface area (Å²) in [6.45, 7) is 15.5. The van der Waals surface area contributed by atoms with E-state index in [1.165, 1.54) is 33.0 Å². The first-order chi connectivity index (χ1) is 22.9. The molecule has 0 fully saturated rings. The van der Waals surface area contributed by atoms with Crippen molar-refractivity contribution in [2.45, 2.75) is 65.5 Å². The molecule has 7 aromatic rings. The molecule has 0 saturated carbocycles. The number of aromatic amines is 1. The fourth-order valence-electron chi connectivity index (χ4n) is 6.19. The summed E-state index contributed by atoms with van der Waals surface area (Å²) in [6, 6.07) is 30.8. The van der Waals surface area contributed by atoms with Gasteiger partial charge in [-0.2, -0.15) is 0 Å². The van der Waals surface area contributed by atoms with Crippen molar-refractivity contribution >= 4 is 45.0 Å². The summed E-state index contributed by atoms with van der Waals surface area (Å²) >= 11 is 9.53. The molecule has 0 aliphatic heterocycles. The SMILES string of the molecule is CC(C)(C)c1cc(-n2cc[n+](Cc3ccccc3)c2)c2[nH]c3c(-n4cc[n+](Cc5ccccc5)c4)cc(C(C)(C)C)cc3c2c1.ClCCl.[Br-].[Br-]. The molecule has 0 aliphatic carbocycles. The molecule has 0 saturated heterocycles. The first-order valence-electron chi connectivity index (χ1n) is 16.4. The Morgan fingerprint density at radius 3 is 1.28 bits per heavy atom. The smallest absolute Gasteiger partial charge is 0.249 e. The van der Waals surface area contributed by atoms with Gasteiger partial charge in [0.15, 0.2) is 11.4 Å². The van der Waals surface area contributed by atoms with Crippen LogP contribution in [-0.4, -0.2) is 19.5 Å². The van der Waals surface area contributed by atoms with E-state index in [0.717, 1.165) is 35.5 Å². The summed E-state index contributed by atoms with van der Waals surface area (Å²) in [5, 5.41) is 2.71. The molecule has 1 N–H and O–H groups in total. The predicted octanol–water partition coefficient (Wildman–Crippen LogP) is 3.60. The van der Waals surface area contributed by atoms with Crippen molar-refractivity contribution in [3.63, 3.8) is 0 Å². The highest BCUT2D eigenvalue weighted by Crippen LogP contribution is 2.39. The lowest BCUT2D eigenvalue weighted by Gasteiger charge is -2.20. The molecule has 0 spiro atoms. The maximum Gasteiger partial charge on any atom is 0.249 e. The number of imidazole rings is 2. The van der Waals surface area contributed by atoms with Crippen LogP contribution in [0.2, 0.25) is 0 Å². The Kier molecular flexibility index (Phi) is 12.9. The van der Waals surface area contributed by atoms with E-state index in [4.69, 9.17) is 23.2 Å².